The van der Waals surface area contributed by atoms with Gasteiger partial charge in [-0.1, -0.05) is 217 Å². The molecule has 1 heterocycles. The maximum Gasteiger partial charge on any atom is 0.0541 e. The van der Waals surface area contributed by atoms with E-state index in [9.17, 15) is 0 Å². The van der Waals surface area contributed by atoms with E-state index in [1.807, 2.05) is 0 Å². The van der Waals surface area contributed by atoms with Crippen LogP contribution in [0.2, 0.25) is 0 Å². The van der Waals surface area contributed by atoms with Crippen LogP contribution < -0.4 is 4.90 Å². The minimum Gasteiger partial charge on any atom is -0.310 e. The Labute approximate surface area is 415 Å². The summed E-state index contributed by atoms with van der Waals surface area (Å²) < 4.78 is 2.48. The Morgan fingerprint density at radius 2 is 0.786 bits per heavy atom. The Kier molecular flexibility index (Phi) is 10.5. The van der Waals surface area contributed by atoms with Gasteiger partial charge in [-0.3, -0.25) is 0 Å². The normalized spacial score (nSPS) is 12.9. The van der Waals surface area contributed by atoms with Crippen LogP contribution in [-0.4, -0.2) is 4.57 Å². The highest BCUT2D eigenvalue weighted by Gasteiger charge is 2.27. The van der Waals surface area contributed by atoms with Crippen LogP contribution in [0.15, 0.2) is 182 Å². The monoisotopic (exact) mass is 911 g/mol. The van der Waals surface area contributed by atoms with Crippen LogP contribution in [0.4, 0.5) is 17.1 Å². The first-order valence-corrected chi connectivity index (χ1v) is 25.3. The summed E-state index contributed by atoms with van der Waals surface area (Å²) >= 11 is 0. The molecule has 0 bridgehead atoms. The number of hydrogen-bond acceptors (Lipinski definition) is 1. The van der Waals surface area contributed by atoms with E-state index < -0.39 is 0 Å². The standard InChI is InChI=1S/C68H66N2/c1-65(2,3)47-29-21-43(22-30-47)53-36-33-51(42-58(53)44-23-31-48(32-24-44)66(4,5)6)69(52-40-49(67(7,8)9)39-50(41-52)68(10,11)12)61-37-27-45-26-35-57-62(38-28-46-25-34-56(61)63(45)64(46)57)70-59-19-15-13-17-54(59)55-18-14-16-20-60(55)70/h13-42H,1-12H3. The molecule has 0 N–H and O–H groups in total. The number of para-hydroxylation sites is 2. The molecule has 0 amide bonds. The lowest BCUT2D eigenvalue weighted by atomic mass is 9.80. The van der Waals surface area contributed by atoms with E-state index in [0.29, 0.717) is 0 Å². The van der Waals surface area contributed by atoms with Crippen LogP contribution in [0.25, 0.3) is 82.1 Å². The Hall–Kier alpha value is -7.16. The third-order valence-electron chi connectivity index (χ3n) is 15.0. The quantitative estimate of drug-likeness (QED) is 0.151. The lowest BCUT2D eigenvalue weighted by Crippen LogP contribution is -2.19. The topological polar surface area (TPSA) is 8.17 Å². The molecule has 0 unspecified atom stereocenters. The first-order chi connectivity index (χ1) is 33.2. The Bertz CT molecular complexity index is 3690. The fourth-order valence-electron chi connectivity index (χ4n) is 10.8. The summed E-state index contributed by atoms with van der Waals surface area (Å²) in [5.74, 6) is 0. The van der Waals surface area contributed by atoms with Crippen LogP contribution in [0, 0.1) is 0 Å². The number of fused-ring (bicyclic) bond motifs is 3. The maximum atomic E-state index is 2.56. The fourth-order valence-corrected chi connectivity index (χ4v) is 10.8. The van der Waals surface area contributed by atoms with E-state index in [-0.39, 0.29) is 21.7 Å². The molecule has 0 spiro atoms. The summed E-state index contributed by atoms with van der Waals surface area (Å²) in [6.07, 6.45) is 0. The number of nitrogens with zero attached hydrogens (tertiary/aromatic N) is 2. The average Bonchev–Trinajstić information content (AvgIpc) is 3.66. The van der Waals surface area contributed by atoms with Crippen molar-refractivity contribution >= 4 is 71.2 Å². The lowest BCUT2D eigenvalue weighted by Gasteiger charge is -2.32. The molecule has 0 aliphatic rings. The Balaban J connectivity index is 1.20. The second-order valence-electron chi connectivity index (χ2n) is 24.0. The third-order valence-corrected chi connectivity index (χ3v) is 15.0. The largest absolute Gasteiger partial charge is 0.310 e. The molecule has 348 valence electrons. The zero-order chi connectivity index (χ0) is 49.1. The highest BCUT2D eigenvalue weighted by atomic mass is 15.1. The second-order valence-corrected chi connectivity index (χ2v) is 24.0. The van der Waals surface area contributed by atoms with Gasteiger partial charge in [0.25, 0.3) is 0 Å². The van der Waals surface area contributed by atoms with E-state index in [2.05, 4.69) is 275 Å². The summed E-state index contributed by atoms with van der Waals surface area (Å²) in [6, 6.07) is 69.6. The smallest absolute Gasteiger partial charge is 0.0541 e. The molecule has 70 heavy (non-hydrogen) atoms. The molecular formula is C68H66N2. The molecule has 11 rings (SSSR count). The summed E-state index contributed by atoms with van der Waals surface area (Å²) in [5, 5.41) is 10.1. The van der Waals surface area contributed by atoms with Crippen LogP contribution in [-0.2, 0) is 21.7 Å². The molecule has 0 aliphatic carbocycles. The van der Waals surface area contributed by atoms with Gasteiger partial charge < -0.3 is 9.47 Å². The Morgan fingerprint density at radius 1 is 0.329 bits per heavy atom. The van der Waals surface area contributed by atoms with Crippen molar-refractivity contribution in [1.82, 2.24) is 4.57 Å². The molecule has 1 aromatic heterocycles. The van der Waals surface area contributed by atoms with Crippen molar-refractivity contribution in [3.05, 3.63) is 204 Å². The van der Waals surface area contributed by atoms with Crippen molar-refractivity contribution in [1.29, 1.82) is 0 Å². The van der Waals surface area contributed by atoms with Crippen molar-refractivity contribution in [3.63, 3.8) is 0 Å². The van der Waals surface area contributed by atoms with E-state index >= 15 is 0 Å². The van der Waals surface area contributed by atoms with E-state index in [4.69, 9.17) is 0 Å². The van der Waals surface area contributed by atoms with Crippen LogP contribution >= 0.6 is 0 Å². The predicted molar refractivity (Wildman–Crippen MR) is 305 cm³/mol. The van der Waals surface area contributed by atoms with Gasteiger partial charge in [-0.15, -0.1) is 0 Å². The molecule has 0 atom stereocenters. The summed E-state index contributed by atoms with van der Waals surface area (Å²) in [6.45, 7) is 27.8. The minimum absolute atomic E-state index is 0.0465. The van der Waals surface area contributed by atoms with Crippen molar-refractivity contribution in [2.45, 2.75) is 105 Å². The van der Waals surface area contributed by atoms with Gasteiger partial charge in [0.05, 0.1) is 22.4 Å². The van der Waals surface area contributed by atoms with Gasteiger partial charge in [-0.2, -0.15) is 0 Å². The lowest BCUT2D eigenvalue weighted by molar-refractivity contribution is 0.569. The molecule has 2 nitrogen and oxygen atoms in total. The number of rotatable bonds is 6. The average molecular weight is 911 g/mol. The van der Waals surface area contributed by atoms with Crippen LogP contribution in [0.1, 0.15) is 105 Å². The zero-order valence-electron chi connectivity index (χ0n) is 43.2. The number of anilines is 3. The van der Waals surface area contributed by atoms with Crippen molar-refractivity contribution in [3.8, 4) is 27.9 Å². The molecule has 0 radical (unpaired) electrons. The molecule has 11 aromatic rings. The van der Waals surface area contributed by atoms with Crippen LogP contribution in [0.5, 0.6) is 0 Å². The van der Waals surface area contributed by atoms with Crippen molar-refractivity contribution in [2.24, 2.45) is 0 Å². The molecule has 0 saturated heterocycles. The number of benzene rings is 10. The molecular weight excluding hydrogens is 845 g/mol. The highest BCUT2D eigenvalue weighted by molar-refractivity contribution is 6.27. The predicted octanol–water partition coefficient (Wildman–Crippen LogP) is 19.7. The highest BCUT2D eigenvalue weighted by Crippen LogP contribution is 2.49. The van der Waals surface area contributed by atoms with Crippen LogP contribution in [0.3, 0.4) is 0 Å². The Morgan fingerprint density at radius 3 is 1.31 bits per heavy atom. The third kappa shape index (κ3) is 7.73. The van der Waals surface area contributed by atoms with E-state index in [1.54, 1.807) is 0 Å². The molecule has 0 saturated carbocycles. The molecule has 10 aromatic carbocycles. The molecule has 0 fully saturated rings. The van der Waals surface area contributed by atoms with Gasteiger partial charge in [0.15, 0.2) is 0 Å². The van der Waals surface area contributed by atoms with Crippen molar-refractivity contribution in [2.75, 3.05) is 4.90 Å². The van der Waals surface area contributed by atoms with Gasteiger partial charge in [0.1, 0.15) is 0 Å². The maximum absolute atomic E-state index is 2.56. The molecule has 0 aliphatic heterocycles. The summed E-state index contributed by atoms with van der Waals surface area (Å²) in [5.41, 5.74) is 17.2. The van der Waals surface area contributed by atoms with Gasteiger partial charge in [-0.05, 0) is 136 Å². The van der Waals surface area contributed by atoms with Gasteiger partial charge in [0.2, 0.25) is 0 Å². The van der Waals surface area contributed by atoms with E-state index in [1.165, 1.54) is 104 Å². The zero-order valence-corrected chi connectivity index (χ0v) is 43.2. The van der Waals surface area contributed by atoms with Gasteiger partial charge in [-0.25, -0.2) is 0 Å². The number of hydrogen-bond donors (Lipinski definition) is 0. The van der Waals surface area contributed by atoms with Gasteiger partial charge >= 0.3 is 0 Å². The van der Waals surface area contributed by atoms with E-state index in [0.717, 1.165) is 17.1 Å². The molecule has 2 heteroatoms. The number of aromatic nitrogens is 1. The van der Waals surface area contributed by atoms with Gasteiger partial charge in [0, 0.05) is 32.9 Å². The summed E-state index contributed by atoms with van der Waals surface area (Å²) in [4.78, 5) is 2.56. The fraction of sp³-hybridized carbons (Fsp3) is 0.235. The SMILES string of the molecule is CC(C)(C)c1ccc(-c2ccc(N(c3cc(C(C)(C)C)cc(C(C)(C)C)c3)c3ccc4ccc5c(-n6c7ccccc7c7ccccc76)ccc6ccc3c4c65)cc2-c2ccc(C(C)(C)C)cc2)cc1. The minimum atomic E-state index is -0.0728. The van der Waals surface area contributed by atoms with Crippen molar-refractivity contribution < 1.29 is 0 Å². The summed E-state index contributed by atoms with van der Waals surface area (Å²) in [7, 11) is 0. The second kappa shape index (κ2) is 16.2. The first-order valence-electron chi connectivity index (χ1n) is 25.3. The first kappa shape index (κ1) is 45.3.